The van der Waals surface area contributed by atoms with Crippen LogP contribution in [0.1, 0.15) is 11.6 Å². The van der Waals surface area contributed by atoms with Crippen LogP contribution in [0.15, 0.2) is 18.2 Å². The Balaban J connectivity index is 3.07. The summed E-state index contributed by atoms with van der Waals surface area (Å²) >= 11 is 0. The van der Waals surface area contributed by atoms with E-state index in [1.807, 2.05) is 0 Å². The van der Waals surface area contributed by atoms with Gasteiger partial charge in [0.15, 0.2) is 0 Å². The third-order valence-corrected chi connectivity index (χ3v) is 1.65. The zero-order chi connectivity index (χ0) is 10.9. The van der Waals surface area contributed by atoms with Gasteiger partial charge in [-0.3, -0.25) is 0 Å². The molecule has 0 amide bonds. The fourth-order valence-electron chi connectivity index (χ4n) is 1.00. The summed E-state index contributed by atoms with van der Waals surface area (Å²) < 4.78 is 49.0. The molecule has 0 bridgehead atoms. The molecule has 0 aliphatic carbocycles. The fraction of sp³-hybridized carbons (Fsp3) is 0.250. The number of rotatable bonds is 1. The van der Waals surface area contributed by atoms with Gasteiger partial charge in [0.05, 0.1) is 0 Å². The molecule has 0 aliphatic rings. The van der Waals surface area contributed by atoms with Gasteiger partial charge in [0.1, 0.15) is 11.9 Å². The van der Waals surface area contributed by atoms with Crippen LogP contribution in [-0.4, -0.2) is 6.18 Å². The van der Waals surface area contributed by atoms with Crippen LogP contribution >= 0.6 is 0 Å². The van der Waals surface area contributed by atoms with Crippen molar-refractivity contribution in [1.29, 1.82) is 0 Å². The van der Waals surface area contributed by atoms with Gasteiger partial charge in [-0.2, -0.15) is 13.2 Å². The second-order valence-corrected chi connectivity index (χ2v) is 2.84. The quantitative estimate of drug-likeness (QED) is 0.547. The number of hydrogen-bond acceptors (Lipinski definition) is 2. The molecule has 1 atom stereocenters. The minimum Gasteiger partial charge on any atom is -0.399 e. The van der Waals surface area contributed by atoms with E-state index >= 15 is 0 Å². The lowest BCUT2D eigenvalue weighted by atomic mass is 10.1. The second kappa shape index (κ2) is 3.45. The van der Waals surface area contributed by atoms with Gasteiger partial charge in [-0.15, -0.1) is 0 Å². The third-order valence-electron chi connectivity index (χ3n) is 1.65. The average molecular weight is 208 g/mol. The van der Waals surface area contributed by atoms with Crippen molar-refractivity contribution in [2.24, 2.45) is 5.73 Å². The van der Waals surface area contributed by atoms with Crippen molar-refractivity contribution >= 4 is 5.69 Å². The molecule has 0 aromatic heterocycles. The lowest BCUT2D eigenvalue weighted by Gasteiger charge is -2.16. The largest absolute Gasteiger partial charge is 0.407 e. The Morgan fingerprint density at radius 3 is 2.14 bits per heavy atom. The van der Waals surface area contributed by atoms with Crippen molar-refractivity contribution in [3.05, 3.63) is 29.6 Å². The van der Waals surface area contributed by atoms with Crippen LogP contribution in [0.3, 0.4) is 0 Å². The summed E-state index contributed by atoms with van der Waals surface area (Å²) in [7, 11) is 0. The van der Waals surface area contributed by atoms with E-state index in [1.54, 1.807) is 0 Å². The summed E-state index contributed by atoms with van der Waals surface area (Å²) in [5, 5.41) is 0. The minimum absolute atomic E-state index is 0.0836. The Morgan fingerprint density at radius 2 is 1.71 bits per heavy atom. The first-order valence-corrected chi connectivity index (χ1v) is 3.69. The molecule has 6 heteroatoms. The zero-order valence-corrected chi connectivity index (χ0v) is 6.98. The van der Waals surface area contributed by atoms with Crippen molar-refractivity contribution in [2.45, 2.75) is 12.2 Å². The van der Waals surface area contributed by atoms with Crippen molar-refractivity contribution in [3.8, 4) is 0 Å². The highest BCUT2D eigenvalue weighted by Crippen LogP contribution is 2.31. The van der Waals surface area contributed by atoms with Crippen molar-refractivity contribution < 1.29 is 17.6 Å². The van der Waals surface area contributed by atoms with Crippen molar-refractivity contribution in [2.75, 3.05) is 5.73 Å². The molecule has 2 nitrogen and oxygen atoms in total. The van der Waals surface area contributed by atoms with Crippen LogP contribution in [0.4, 0.5) is 23.2 Å². The molecule has 1 unspecified atom stereocenters. The van der Waals surface area contributed by atoms with Crippen LogP contribution in [0.5, 0.6) is 0 Å². The van der Waals surface area contributed by atoms with E-state index in [0.29, 0.717) is 6.07 Å². The molecule has 1 aromatic carbocycles. The lowest BCUT2D eigenvalue weighted by Crippen LogP contribution is -2.28. The number of nitrogen functional groups attached to an aromatic ring is 1. The monoisotopic (exact) mass is 208 g/mol. The highest BCUT2D eigenvalue weighted by molar-refractivity contribution is 5.42. The summed E-state index contributed by atoms with van der Waals surface area (Å²) in [5.74, 6) is -0.834. The summed E-state index contributed by atoms with van der Waals surface area (Å²) in [6, 6.07) is 0.433. The minimum atomic E-state index is -4.60. The van der Waals surface area contributed by atoms with Gasteiger partial charge in [-0.25, -0.2) is 4.39 Å². The van der Waals surface area contributed by atoms with Crippen molar-refractivity contribution in [3.63, 3.8) is 0 Å². The molecule has 0 saturated heterocycles. The number of halogens is 4. The molecular weight excluding hydrogens is 200 g/mol. The molecule has 14 heavy (non-hydrogen) atoms. The normalized spacial score (nSPS) is 14.1. The molecule has 0 fully saturated rings. The molecule has 1 aromatic rings. The number of anilines is 1. The van der Waals surface area contributed by atoms with Gasteiger partial charge in [-0.1, -0.05) is 0 Å². The van der Waals surface area contributed by atoms with E-state index in [2.05, 4.69) is 0 Å². The number of hydrogen-bond donors (Lipinski definition) is 2. The van der Waals surface area contributed by atoms with Gasteiger partial charge in [0, 0.05) is 5.69 Å². The first-order chi connectivity index (χ1) is 6.30. The Kier molecular flexibility index (Phi) is 2.66. The number of alkyl halides is 3. The standard InChI is InChI=1S/C8H8F4N2/c9-5-1-4(2-6(13)3-5)7(14)8(10,11)12/h1-3,7H,13-14H2. The molecule has 0 radical (unpaired) electrons. The molecule has 0 aliphatic heterocycles. The first-order valence-electron chi connectivity index (χ1n) is 3.69. The number of nitrogens with two attached hydrogens (primary N) is 2. The van der Waals surface area contributed by atoms with Crippen molar-refractivity contribution in [1.82, 2.24) is 0 Å². The van der Waals surface area contributed by atoms with Crippen LogP contribution in [0, 0.1) is 5.82 Å². The van der Waals surface area contributed by atoms with E-state index in [4.69, 9.17) is 11.5 Å². The first kappa shape index (κ1) is 10.8. The molecule has 4 N–H and O–H groups in total. The maximum absolute atomic E-state index is 12.7. The van der Waals surface area contributed by atoms with Gasteiger partial charge >= 0.3 is 6.18 Å². The molecule has 1 rings (SSSR count). The van der Waals surface area contributed by atoms with E-state index in [-0.39, 0.29) is 11.3 Å². The van der Waals surface area contributed by atoms with Gasteiger partial charge in [-0.05, 0) is 23.8 Å². The fourth-order valence-corrected chi connectivity index (χ4v) is 1.00. The SMILES string of the molecule is Nc1cc(F)cc(C(N)C(F)(F)F)c1. The maximum Gasteiger partial charge on any atom is 0.407 e. The van der Waals surface area contributed by atoms with Gasteiger partial charge < -0.3 is 11.5 Å². The predicted molar refractivity (Wildman–Crippen MR) is 43.8 cm³/mol. The Bertz CT molecular complexity index is 314. The summed E-state index contributed by atoms with van der Waals surface area (Å²) in [6.45, 7) is 0. The van der Waals surface area contributed by atoms with E-state index < -0.39 is 18.0 Å². The van der Waals surface area contributed by atoms with E-state index in [0.717, 1.165) is 12.1 Å². The average Bonchev–Trinajstić information content (AvgIpc) is 1.99. The van der Waals surface area contributed by atoms with Crippen LogP contribution in [-0.2, 0) is 0 Å². The summed E-state index contributed by atoms with van der Waals surface area (Å²) in [6.07, 6.45) is -4.60. The molecule has 0 saturated carbocycles. The second-order valence-electron chi connectivity index (χ2n) is 2.84. The topological polar surface area (TPSA) is 52.0 Å². The molecule has 78 valence electrons. The molecule has 0 spiro atoms. The Morgan fingerprint density at radius 1 is 1.14 bits per heavy atom. The van der Waals surface area contributed by atoms with Crippen LogP contribution in [0.2, 0.25) is 0 Å². The van der Waals surface area contributed by atoms with Crippen LogP contribution < -0.4 is 11.5 Å². The van der Waals surface area contributed by atoms with E-state index in [9.17, 15) is 17.6 Å². The molecular formula is C8H8F4N2. The summed E-state index contributed by atoms with van der Waals surface area (Å²) in [4.78, 5) is 0. The maximum atomic E-state index is 12.7. The smallest absolute Gasteiger partial charge is 0.399 e. The van der Waals surface area contributed by atoms with Gasteiger partial charge in [0.2, 0.25) is 0 Å². The third kappa shape index (κ3) is 2.35. The van der Waals surface area contributed by atoms with Crippen LogP contribution in [0.25, 0.3) is 0 Å². The highest BCUT2D eigenvalue weighted by atomic mass is 19.4. The number of benzene rings is 1. The Labute approximate surface area is 77.5 Å². The Hall–Kier alpha value is -1.30. The molecule has 0 heterocycles. The van der Waals surface area contributed by atoms with Gasteiger partial charge in [0.25, 0.3) is 0 Å². The lowest BCUT2D eigenvalue weighted by molar-refractivity contribution is -0.149. The van der Waals surface area contributed by atoms with E-state index in [1.165, 1.54) is 0 Å². The highest BCUT2D eigenvalue weighted by Gasteiger charge is 2.38. The zero-order valence-electron chi connectivity index (χ0n) is 6.98. The predicted octanol–water partition coefficient (Wildman–Crippen LogP) is 1.97. The summed E-state index contributed by atoms with van der Waals surface area (Å²) in [5.41, 5.74) is 9.58.